The van der Waals surface area contributed by atoms with E-state index in [2.05, 4.69) is 32.4 Å². The molecule has 0 saturated carbocycles. The fourth-order valence-electron chi connectivity index (χ4n) is 3.95. The van der Waals surface area contributed by atoms with Crippen molar-refractivity contribution in [1.29, 1.82) is 0 Å². The molecule has 1 aliphatic rings. The third-order valence-electron chi connectivity index (χ3n) is 5.67. The molecule has 0 amide bonds. The zero-order valence-corrected chi connectivity index (χ0v) is 18.6. The zero-order chi connectivity index (χ0) is 24.3. The van der Waals surface area contributed by atoms with Crippen LogP contribution in [0.3, 0.4) is 0 Å². The highest BCUT2D eigenvalue weighted by atomic mass is 35.5. The Labute approximate surface area is 198 Å². The number of hydrogen-bond acceptors (Lipinski definition) is 7. The number of nitrogens with one attached hydrogen (secondary N) is 1. The summed E-state index contributed by atoms with van der Waals surface area (Å²) in [4.78, 5) is 24.8. The molecule has 1 fully saturated rings. The van der Waals surface area contributed by atoms with Gasteiger partial charge in [-0.2, -0.15) is 13.2 Å². The monoisotopic (exact) mass is 492 g/mol. The molecule has 2 aromatic heterocycles. The van der Waals surface area contributed by atoms with Crippen LogP contribution in [0.4, 0.5) is 36.3 Å². The Balaban J connectivity index is 1.53. The van der Waals surface area contributed by atoms with E-state index in [-0.39, 0.29) is 28.2 Å². The summed E-state index contributed by atoms with van der Waals surface area (Å²) in [5, 5.41) is 14.2. The van der Waals surface area contributed by atoms with Crippen molar-refractivity contribution in [3.05, 3.63) is 75.2 Å². The lowest BCUT2D eigenvalue weighted by Crippen LogP contribution is -2.35. The van der Waals surface area contributed by atoms with Gasteiger partial charge in [-0.05, 0) is 36.8 Å². The molecule has 0 aliphatic carbocycles. The van der Waals surface area contributed by atoms with Crippen LogP contribution in [-0.4, -0.2) is 33.0 Å². The van der Waals surface area contributed by atoms with Crippen LogP contribution in [0.2, 0.25) is 5.02 Å². The van der Waals surface area contributed by atoms with Gasteiger partial charge in [0.25, 0.3) is 0 Å². The lowest BCUT2D eigenvalue weighted by Gasteiger charge is -2.32. The molecule has 34 heavy (non-hydrogen) atoms. The number of halogens is 4. The molecule has 8 nitrogen and oxygen atoms in total. The number of aromatic nitrogens is 3. The van der Waals surface area contributed by atoms with E-state index in [4.69, 9.17) is 11.6 Å². The normalized spacial score (nSPS) is 14.8. The standard InChI is InChI=1S/C22H20ClF3N6O2/c23-17-11-16(22(24,25)26)12-27-19(17)30-20-18(32(33)34)21(29-13-28-20)31-8-6-15(7-9-31)10-14-4-2-1-3-5-14/h1-5,11-13,15H,6-10H2,(H,27,28,29,30). The fraction of sp³-hybridized carbons (Fsp3) is 0.318. The molecule has 1 aliphatic heterocycles. The second kappa shape index (κ2) is 9.80. The lowest BCUT2D eigenvalue weighted by atomic mass is 9.90. The van der Waals surface area contributed by atoms with Gasteiger partial charge in [-0.15, -0.1) is 0 Å². The summed E-state index contributed by atoms with van der Waals surface area (Å²) >= 11 is 5.94. The average Bonchev–Trinajstić information content (AvgIpc) is 2.80. The summed E-state index contributed by atoms with van der Waals surface area (Å²) in [5.41, 5.74) is -0.164. The first-order chi connectivity index (χ1) is 16.2. The molecule has 1 N–H and O–H groups in total. The van der Waals surface area contributed by atoms with E-state index in [1.807, 2.05) is 23.1 Å². The highest BCUT2D eigenvalue weighted by Crippen LogP contribution is 2.38. The molecular weight excluding hydrogens is 473 g/mol. The van der Waals surface area contributed by atoms with Crippen LogP contribution in [0.25, 0.3) is 0 Å². The number of anilines is 3. The van der Waals surface area contributed by atoms with Crippen LogP contribution < -0.4 is 10.2 Å². The lowest BCUT2D eigenvalue weighted by molar-refractivity contribution is -0.383. The zero-order valence-electron chi connectivity index (χ0n) is 17.8. The molecule has 0 unspecified atom stereocenters. The molecule has 0 radical (unpaired) electrons. The van der Waals surface area contributed by atoms with Crippen molar-refractivity contribution in [2.24, 2.45) is 5.92 Å². The maximum absolute atomic E-state index is 12.9. The van der Waals surface area contributed by atoms with Gasteiger partial charge in [-0.3, -0.25) is 10.1 Å². The molecular formula is C22H20ClF3N6O2. The van der Waals surface area contributed by atoms with Gasteiger partial charge in [0.05, 0.1) is 15.5 Å². The van der Waals surface area contributed by atoms with Crippen LogP contribution in [0, 0.1) is 16.0 Å². The van der Waals surface area contributed by atoms with E-state index in [1.54, 1.807) is 0 Å². The predicted octanol–water partition coefficient (Wildman–Crippen LogP) is 5.65. The van der Waals surface area contributed by atoms with Gasteiger partial charge in [-0.25, -0.2) is 15.0 Å². The van der Waals surface area contributed by atoms with Crippen LogP contribution >= 0.6 is 11.6 Å². The average molecular weight is 493 g/mol. The number of nitro groups is 1. The van der Waals surface area contributed by atoms with Crippen LogP contribution in [0.1, 0.15) is 24.0 Å². The number of pyridine rings is 1. The summed E-state index contributed by atoms with van der Waals surface area (Å²) in [6.07, 6.45) is -0.240. The second-order valence-corrected chi connectivity index (χ2v) is 8.36. The summed E-state index contributed by atoms with van der Waals surface area (Å²) < 4.78 is 38.6. The maximum atomic E-state index is 12.9. The summed E-state index contributed by atoms with van der Waals surface area (Å²) in [5.74, 6) is 0.218. The SMILES string of the molecule is O=[N+]([O-])c1c(Nc2ncc(C(F)(F)F)cc2Cl)ncnc1N1CCC(Cc2ccccc2)CC1. The molecule has 0 spiro atoms. The van der Waals surface area contributed by atoms with Crippen molar-refractivity contribution < 1.29 is 18.1 Å². The molecule has 0 atom stereocenters. The van der Waals surface area contributed by atoms with E-state index in [9.17, 15) is 23.3 Å². The van der Waals surface area contributed by atoms with Crippen molar-refractivity contribution in [2.45, 2.75) is 25.4 Å². The van der Waals surface area contributed by atoms with Gasteiger partial charge < -0.3 is 10.2 Å². The van der Waals surface area contributed by atoms with Crippen LogP contribution in [-0.2, 0) is 12.6 Å². The minimum Gasteiger partial charge on any atom is -0.351 e. The van der Waals surface area contributed by atoms with Crippen molar-refractivity contribution in [1.82, 2.24) is 15.0 Å². The number of rotatable bonds is 6. The second-order valence-electron chi connectivity index (χ2n) is 7.95. The molecule has 1 saturated heterocycles. The minimum absolute atomic E-state index is 0.142. The number of alkyl halides is 3. The Morgan fingerprint density at radius 2 is 1.82 bits per heavy atom. The van der Waals surface area contributed by atoms with Crippen LogP contribution in [0.15, 0.2) is 48.9 Å². The Morgan fingerprint density at radius 3 is 2.44 bits per heavy atom. The van der Waals surface area contributed by atoms with E-state index in [0.717, 1.165) is 19.3 Å². The van der Waals surface area contributed by atoms with Crippen molar-refractivity contribution in [3.63, 3.8) is 0 Å². The quantitative estimate of drug-likeness (QED) is 0.350. The van der Waals surface area contributed by atoms with Crippen molar-refractivity contribution in [3.8, 4) is 0 Å². The van der Waals surface area contributed by atoms with Crippen molar-refractivity contribution in [2.75, 3.05) is 23.3 Å². The fourth-order valence-corrected chi connectivity index (χ4v) is 4.17. The molecule has 3 heterocycles. The van der Waals surface area contributed by atoms with Gasteiger partial charge in [-0.1, -0.05) is 41.9 Å². The summed E-state index contributed by atoms with van der Waals surface area (Å²) in [7, 11) is 0. The van der Waals surface area contributed by atoms with Crippen molar-refractivity contribution >= 4 is 34.7 Å². The van der Waals surface area contributed by atoms with Gasteiger partial charge in [0.15, 0.2) is 5.82 Å². The topological polar surface area (TPSA) is 97.1 Å². The third-order valence-corrected chi connectivity index (χ3v) is 5.96. The minimum atomic E-state index is -4.62. The van der Waals surface area contributed by atoms with E-state index in [0.29, 0.717) is 31.3 Å². The molecule has 4 rings (SSSR count). The largest absolute Gasteiger partial charge is 0.417 e. The number of benzene rings is 1. The van der Waals surface area contributed by atoms with Gasteiger partial charge in [0.1, 0.15) is 6.33 Å². The third kappa shape index (κ3) is 5.36. The molecule has 178 valence electrons. The van der Waals surface area contributed by atoms with E-state index >= 15 is 0 Å². The Morgan fingerprint density at radius 1 is 1.12 bits per heavy atom. The molecule has 3 aromatic rings. The smallest absolute Gasteiger partial charge is 0.351 e. The number of piperidine rings is 1. The van der Waals surface area contributed by atoms with E-state index in [1.165, 1.54) is 11.9 Å². The van der Waals surface area contributed by atoms with Crippen LogP contribution in [0.5, 0.6) is 0 Å². The Bertz CT molecular complexity index is 1170. The first kappa shape index (κ1) is 23.7. The first-order valence-electron chi connectivity index (χ1n) is 10.5. The van der Waals surface area contributed by atoms with E-state index < -0.39 is 16.7 Å². The summed E-state index contributed by atoms with van der Waals surface area (Å²) in [6.45, 7) is 1.15. The predicted molar refractivity (Wildman–Crippen MR) is 121 cm³/mol. The molecule has 0 bridgehead atoms. The molecule has 12 heteroatoms. The number of nitrogens with zero attached hydrogens (tertiary/aromatic N) is 5. The maximum Gasteiger partial charge on any atom is 0.417 e. The summed E-state index contributed by atoms with van der Waals surface area (Å²) in [6, 6.07) is 10.8. The van der Waals surface area contributed by atoms with Gasteiger partial charge in [0.2, 0.25) is 11.6 Å². The Hall–Kier alpha value is -3.47. The first-order valence-corrected chi connectivity index (χ1v) is 10.9. The van der Waals surface area contributed by atoms with Gasteiger partial charge >= 0.3 is 11.9 Å². The highest BCUT2D eigenvalue weighted by Gasteiger charge is 2.33. The Kier molecular flexibility index (Phi) is 6.82. The number of hydrogen-bond donors (Lipinski definition) is 1. The molecule has 1 aromatic carbocycles. The highest BCUT2D eigenvalue weighted by molar-refractivity contribution is 6.33. The van der Waals surface area contributed by atoms with Gasteiger partial charge in [0, 0.05) is 19.3 Å².